The molecule has 0 saturated heterocycles. The van der Waals surface area contributed by atoms with E-state index >= 15 is 0 Å². The number of thiophene rings is 1. The summed E-state index contributed by atoms with van der Waals surface area (Å²) < 4.78 is 5.21. The van der Waals surface area contributed by atoms with Gasteiger partial charge in [-0.25, -0.2) is 4.99 Å². The summed E-state index contributed by atoms with van der Waals surface area (Å²) in [5, 5.41) is 5.19. The van der Waals surface area contributed by atoms with Crippen molar-refractivity contribution < 1.29 is 14.3 Å². The van der Waals surface area contributed by atoms with Gasteiger partial charge in [0.05, 0.1) is 23.6 Å². The molecule has 0 radical (unpaired) electrons. The molecule has 0 saturated carbocycles. The highest BCUT2D eigenvalue weighted by molar-refractivity contribution is 8.14. The van der Waals surface area contributed by atoms with Crippen molar-refractivity contribution in [2.75, 3.05) is 17.8 Å². The highest BCUT2D eigenvalue weighted by Gasteiger charge is 2.33. The van der Waals surface area contributed by atoms with Crippen molar-refractivity contribution in [3.63, 3.8) is 0 Å². The van der Waals surface area contributed by atoms with E-state index < -0.39 is 0 Å². The van der Waals surface area contributed by atoms with Gasteiger partial charge in [0, 0.05) is 10.6 Å². The van der Waals surface area contributed by atoms with Gasteiger partial charge in [0.1, 0.15) is 11.4 Å². The van der Waals surface area contributed by atoms with Crippen LogP contribution in [0, 0.1) is 0 Å². The van der Waals surface area contributed by atoms with Crippen LogP contribution in [-0.2, 0) is 4.79 Å². The summed E-state index contributed by atoms with van der Waals surface area (Å²) in [6, 6.07) is 13.7. The van der Waals surface area contributed by atoms with E-state index in [1.165, 1.54) is 35.1 Å². The highest BCUT2D eigenvalue weighted by Crippen LogP contribution is 2.34. The molecule has 0 N–H and O–H groups in total. The van der Waals surface area contributed by atoms with Gasteiger partial charge in [-0.1, -0.05) is 35.0 Å². The zero-order chi connectivity index (χ0) is 22.7. The molecule has 3 aromatic rings. The minimum absolute atomic E-state index is 0.0928. The van der Waals surface area contributed by atoms with Crippen LogP contribution < -0.4 is 9.64 Å². The number of hydrogen-bond acceptors (Lipinski definition) is 6. The first-order valence-corrected chi connectivity index (χ1v) is 12.1. The fourth-order valence-electron chi connectivity index (χ4n) is 2.98. The smallest absolute Gasteiger partial charge is 0.283 e. The second-order valence-corrected chi connectivity index (χ2v) is 9.22. The minimum Gasteiger partial charge on any atom is -0.495 e. The molecule has 32 heavy (non-hydrogen) atoms. The number of ether oxygens (including phenoxy) is 1. The van der Waals surface area contributed by atoms with Gasteiger partial charge in [-0.15, -0.1) is 0 Å². The maximum atomic E-state index is 13.2. The third-order valence-corrected chi connectivity index (χ3v) is 6.76. The number of ketones is 1. The van der Waals surface area contributed by atoms with Gasteiger partial charge in [0.25, 0.3) is 5.91 Å². The first-order valence-electron chi connectivity index (χ1n) is 9.38. The van der Waals surface area contributed by atoms with E-state index in [9.17, 15) is 9.59 Å². The van der Waals surface area contributed by atoms with Gasteiger partial charge in [0.15, 0.2) is 11.0 Å². The minimum atomic E-state index is -0.293. The maximum absolute atomic E-state index is 13.2. The highest BCUT2D eigenvalue weighted by atomic mass is 35.5. The van der Waals surface area contributed by atoms with Crippen molar-refractivity contribution >= 4 is 74.9 Å². The number of anilines is 1. The number of thioether (sulfide) groups is 1. The van der Waals surface area contributed by atoms with E-state index in [4.69, 9.17) is 27.9 Å². The summed E-state index contributed by atoms with van der Waals surface area (Å²) in [5.74, 6) is 0.226. The largest absolute Gasteiger partial charge is 0.495 e. The average molecular weight is 503 g/mol. The monoisotopic (exact) mass is 502 g/mol. The maximum Gasteiger partial charge on any atom is 0.283 e. The van der Waals surface area contributed by atoms with E-state index in [0.29, 0.717) is 32.2 Å². The number of aliphatic imine (C=N–C) groups is 1. The van der Waals surface area contributed by atoms with Gasteiger partial charge in [-0.2, -0.15) is 11.3 Å². The van der Waals surface area contributed by atoms with Crippen LogP contribution in [0.1, 0.15) is 15.9 Å². The molecule has 1 amide bonds. The van der Waals surface area contributed by atoms with Crippen molar-refractivity contribution in [3.8, 4) is 5.75 Å². The Hall–Kier alpha value is -2.58. The summed E-state index contributed by atoms with van der Waals surface area (Å²) in [6.45, 7) is 0. The molecule has 0 atom stereocenters. The molecule has 4 rings (SSSR count). The number of benzene rings is 2. The standard InChI is InChI=1S/C23H16Cl2N2O3S2/c1-30-21-7-6-17(11-18(21)25)27-22(29)19(10-14-8-9-31-12-14)26-23(27)32-13-20(28)15-2-4-16(24)5-3-15/h2-12H,13H2,1H3. The third kappa shape index (κ3) is 4.91. The first-order chi connectivity index (χ1) is 15.5. The molecule has 2 aromatic carbocycles. The second-order valence-electron chi connectivity index (χ2n) is 6.66. The normalized spacial score (nSPS) is 14.7. The first kappa shape index (κ1) is 22.6. The van der Waals surface area contributed by atoms with Crippen LogP contribution in [-0.4, -0.2) is 29.7 Å². The summed E-state index contributed by atoms with van der Waals surface area (Å²) in [5.41, 5.74) is 2.26. The number of methoxy groups -OCH3 is 1. The fraction of sp³-hybridized carbons (Fsp3) is 0.0870. The lowest BCUT2D eigenvalue weighted by Gasteiger charge is -2.18. The number of amides is 1. The molecule has 1 aromatic heterocycles. The van der Waals surface area contributed by atoms with Crippen molar-refractivity contribution in [3.05, 3.63) is 86.2 Å². The van der Waals surface area contributed by atoms with E-state index in [1.54, 1.807) is 48.5 Å². The Labute approximate surface area is 203 Å². The number of rotatable bonds is 6. The fourth-order valence-corrected chi connectivity index (χ4v) is 4.88. The SMILES string of the molecule is COc1ccc(N2C(=O)C(=Cc3ccsc3)N=C2SCC(=O)c2ccc(Cl)cc2)cc1Cl. The number of amidine groups is 1. The van der Waals surface area contributed by atoms with Crippen LogP contribution in [0.15, 0.2) is 70.0 Å². The third-order valence-electron chi connectivity index (χ3n) is 4.57. The summed E-state index contributed by atoms with van der Waals surface area (Å²) >= 11 is 14.9. The topological polar surface area (TPSA) is 59.0 Å². The second kappa shape index (κ2) is 9.92. The van der Waals surface area contributed by atoms with Crippen molar-refractivity contribution in [1.29, 1.82) is 0 Å². The lowest BCUT2D eigenvalue weighted by Crippen LogP contribution is -2.30. The Morgan fingerprint density at radius 3 is 2.62 bits per heavy atom. The summed E-state index contributed by atoms with van der Waals surface area (Å²) in [7, 11) is 1.52. The predicted molar refractivity (Wildman–Crippen MR) is 133 cm³/mol. The molecule has 1 aliphatic heterocycles. The summed E-state index contributed by atoms with van der Waals surface area (Å²) in [4.78, 5) is 31.8. The molecule has 0 fully saturated rings. The van der Waals surface area contributed by atoms with Gasteiger partial charge in [-0.05, 0) is 70.9 Å². The molecule has 1 aliphatic rings. The molecule has 0 bridgehead atoms. The van der Waals surface area contributed by atoms with Crippen LogP contribution in [0.2, 0.25) is 10.0 Å². The van der Waals surface area contributed by atoms with Gasteiger partial charge in [0.2, 0.25) is 0 Å². The number of hydrogen-bond donors (Lipinski definition) is 0. The Balaban J connectivity index is 1.63. The van der Waals surface area contributed by atoms with Gasteiger partial charge < -0.3 is 4.74 Å². The number of nitrogens with zero attached hydrogens (tertiary/aromatic N) is 2. The molecule has 9 heteroatoms. The lowest BCUT2D eigenvalue weighted by atomic mass is 10.1. The molecule has 162 valence electrons. The number of carbonyl (C=O) groups excluding carboxylic acids is 2. The molecule has 0 spiro atoms. The molecular formula is C23H16Cl2N2O3S2. The van der Waals surface area contributed by atoms with Gasteiger partial charge >= 0.3 is 0 Å². The molecule has 2 heterocycles. The van der Waals surface area contributed by atoms with Crippen LogP contribution >= 0.6 is 46.3 Å². The zero-order valence-corrected chi connectivity index (χ0v) is 19.9. The average Bonchev–Trinajstić information content (AvgIpc) is 3.41. The van der Waals surface area contributed by atoms with Crippen LogP contribution in [0.25, 0.3) is 6.08 Å². The van der Waals surface area contributed by atoms with Crippen LogP contribution in [0.5, 0.6) is 5.75 Å². The molecule has 5 nitrogen and oxygen atoms in total. The number of carbonyl (C=O) groups is 2. The Kier molecular flexibility index (Phi) is 7.01. The van der Waals surface area contributed by atoms with E-state index in [-0.39, 0.29) is 23.1 Å². The van der Waals surface area contributed by atoms with Gasteiger partial charge in [-0.3, -0.25) is 14.5 Å². The predicted octanol–water partition coefficient (Wildman–Crippen LogP) is 6.42. The lowest BCUT2D eigenvalue weighted by molar-refractivity contribution is -0.113. The van der Waals surface area contributed by atoms with E-state index in [0.717, 1.165) is 5.56 Å². The Morgan fingerprint density at radius 2 is 1.97 bits per heavy atom. The van der Waals surface area contributed by atoms with Crippen molar-refractivity contribution in [2.45, 2.75) is 0 Å². The zero-order valence-electron chi connectivity index (χ0n) is 16.7. The molecule has 0 aliphatic carbocycles. The van der Waals surface area contributed by atoms with Crippen LogP contribution in [0.4, 0.5) is 5.69 Å². The summed E-state index contributed by atoms with van der Waals surface area (Å²) in [6.07, 6.45) is 1.73. The Morgan fingerprint density at radius 1 is 1.19 bits per heavy atom. The quantitative estimate of drug-likeness (QED) is 0.288. The van der Waals surface area contributed by atoms with E-state index in [1.807, 2.05) is 16.8 Å². The van der Waals surface area contributed by atoms with Crippen LogP contribution in [0.3, 0.4) is 0 Å². The molecular weight excluding hydrogens is 487 g/mol. The molecule has 0 unspecified atom stereocenters. The number of halogens is 2. The van der Waals surface area contributed by atoms with E-state index in [2.05, 4.69) is 4.99 Å². The number of Topliss-reactive ketones (excluding diaryl/α,β-unsaturated/α-hetero) is 1. The Bertz CT molecular complexity index is 1220. The van der Waals surface area contributed by atoms with Crippen molar-refractivity contribution in [2.24, 2.45) is 4.99 Å². The van der Waals surface area contributed by atoms with Crippen molar-refractivity contribution in [1.82, 2.24) is 0 Å².